The minimum atomic E-state index is -2.24. The van der Waals surface area contributed by atoms with Crippen LogP contribution in [0.1, 0.15) is 57.9 Å². The number of hydrogen-bond acceptors (Lipinski definition) is 6. The SMILES string of the molecule is CCCCCC1CCC1(C)N=S(=O)=O.CNC(=S)NC(=O)Cc1ccc(OC)cc1. The Morgan fingerprint density at radius 2 is 1.97 bits per heavy atom. The zero-order valence-electron chi connectivity index (χ0n) is 18.2. The van der Waals surface area contributed by atoms with E-state index in [-0.39, 0.29) is 11.4 Å². The van der Waals surface area contributed by atoms with Gasteiger partial charge in [-0.05, 0) is 62.0 Å². The summed E-state index contributed by atoms with van der Waals surface area (Å²) >= 11 is 4.82. The third-order valence-electron chi connectivity index (χ3n) is 5.32. The number of amides is 1. The summed E-state index contributed by atoms with van der Waals surface area (Å²) < 4.78 is 29.8. The highest BCUT2D eigenvalue weighted by molar-refractivity contribution is 7.80. The number of rotatable bonds is 8. The average Bonchev–Trinajstić information content (AvgIpc) is 2.70. The van der Waals surface area contributed by atoms with Crippen molar-refractivity contribution in [3.63, 3.8) is 0 Å². The van der Waals surface area contributed by atoms with Crippen LogP contribution in [-0.4, -0.2) is 39.1 Å². The molecule has 1 saturated carbocycles. The molecule has 0 spiro atoms. The first kappa shape index (κ1) is 26.0. The predicted molar refractivity (Wildman–Crippen MR) is 123 cm³/mol. The minimum absolute atomic E-state index is 0.135. The van der Waals surface area contributed by atoms with Gasteiger partial charge in [-0.1, -0.05) is 38.3 Å². The van der Waals surface area contributed by atoms with Crippen molar-refractivity contribution in [1.29, 1.82) is 0 Å². The Morgan fingerprint density at radius 3 is 2.43 bits per heavy atom. The van der Waals surface area contributed by atoms with Crippen molar-refractivity contribution >= 4 is 33.7 Å². The van der Waals surface area contributed by atoms with E-state index in [2.05, 4.69) is 21.9 Å². The molecule has 1 aromatic rings. The largest absolute Gasteiger partial charge is 0.497 e. The number of hydrogen-bond donors (Lipinski definition) is 2. The lowest BCUT2D eigenvalue weighted by Gasteiger charge is -2.42. The molecule has 0 aliphatic heterocycles. The molecule has 1 fully saturated rings. The molecule has 0 bridgehead atoms. The van der Waals surface area contributed by atoms with Crippen LogP contribution >= 0.6 is 12.2 Å². The van der Waals surface area contributed by atoms with E-state index in [1.54, 1.807) is 14.2 Å². The third-order valence-corrected chi connectivity index (χ3v) is 6.19. The molecule has 2 unspecified atom stereocenters. The molecule has 1 amide bonds. The summed E-state index contributed by atoms with van der Waals surface area (Å²) in [6.45, 7) is 4.14. The molecular formula is C21H33N3O4S2. The van der Waals surface area contributed by atoms with E-state index in [1.807, 2.05) is 31.2 Å². The summed E-state index contributed by atoms with van der Waals surface area (Å²) in [5.41, 5.74) is 0.637. The second kappa shape index (κ2) is 13.3. The molecule has 1 aromatic carbocycles. The first-order chi connectivity index (χ1) is 14.2. The first-order valence-electron chi connectivity index (χ1n) is 10.2. The van der Waals surface area contributed by atoms with E-state index in [0.717, 1.165) is 30.6 Å². The third kappa shape index (κ3) is 9.21. The van der Waals surface area contributed by atoms with Crippen LogP contribution in [0, 0.1) is 5.92 Å². The van der Waals surface area contributed by atoms with Crippen LogP contribution in [0.15, 0.2) is 28.6 Å². The van der Waals surface area contributed by atoms with Gasteiger partial charge < -0.3 is 15.4 Å². The van der Waals surface area contributed by atoms with Crippen molar-refractivity contribution in [2.45, 2.75) is 64.3 Å². The number of nitrogens with one attached hydrogen (secondary N) is 2. The Morgan fingerprint density at radius 1 is 1.30 bits per heavy atom. The quantitative estimate of drug-likeness (QED) is 0.459. The highest BCUT2D eigenvalue weighted by atomic mass is 32.2. The number of carbonyl (C=O) groups is 1. The maximum atomic E-state index is 11.5. The van der Waals surface area contributed by atoms with E-state index >= 15 is 0 Å². The normalized spacial score (nSPS) is 19.4. The van der Waals surface area contributed by atoms with Gasteiger partial charge in [0.05, 0.1) is 19.1 Å². The summed E-state index contributed by atoms with van der Waals surface area (Å²) in [6, 6.07) is 7.33. The number of unbranched alkanes of at least 4 members (excludes halogenated alkanes) is 2. The lowest BCUT2D eigenvalue weighted by atomic mass is 9.66. The Bertz CT molecular complexity index is 817. The van der Waals surface area contributed by atoms with E-state index < -0.39 is 10.5 Å². The standard InChI is InChI=1S/C11H14N2O2S.C10H19NO2S/c1-12-11(16)13-10(14)7-8-3-5-9(15-2)6-4-8;1-3-4-5-6-9-7-8-10(9,2)11-14(12)13/h3-6H,7H2,1-2H3,(H2,12,13,14,16);9H,3-8H2,1-2H3. The summed E-state index contributed by atoms with van der Waals surface area (Å²) in [7, 11) is 1.03. The van der Waals surface area contributed by atoms with Gasteiger partial charge >= 0.3 is 10.5 Å². The number of methoxy groups -OCH3 is 1. The summed E-state index contributed by atoms with van der Waals surface area (Å²) in [5, 5.41) is 5.57. The van der Waals surface area contributed by atoms with Crippen LogP contribution in [0.5, 0.6) is 5.75 Å². The molecule has 7 nitrogen and oxygen atoms in total. The molecule has 1 aliphatic rings. The smallest absolute Gasteiger partial charge is 0.311 e. The predicted octanol–water partition coefficient (Wildman–Crippen LogP) is 3.66. The molecular weight excluding hydrogens is 422 g/mol. The number of carbonyl (C=O) groups excluding carboxylic acids is 1. The van der Waals surface area contributed by atoms with Gasteiger partial charge in [0.25, 0.3) is 0 Å². The molecule has 0 radical (unpaired) electrons. The fraction of sp³-hybridized carbons (Fsp3) is 0.619. The van der Waals surface area contributed by atoms with E-state index in [4.69, 9.17) is 17.0 Å². The lowest BCUT2D eigenvalue weighted by molar-refractivity contribution is -0.119. The molecule has 30 heavy (non-hydrogen) atoms. The Labute approximate surface area is 186 Å². The van der Waals surface area contributed by atoms with Crippen LogP contribution < -0.4 is 15.4 Å². The van der Waals surface area contributed by atoms with Crippen molar-refractivity contribution < 1.29 is 17.9 Å². The van der Waals surface area contributed by atoms with Crippen molar-refractivity contribution in [3.8, 4) is 5.75 Å². The van der Waals surface area contributed by atoms with E-state index in [9.17, 15) is 13.2 Å². The summed E-state index contributed by atoms with van der Waals surface area (Å²) in [4.78, 5) is 11.5. The monoisotopic (exact) mass is 455 g/mol. The van der Waals surface area contributed by atoms with Gasteiger partial charge in [-0.15, -0.1) is 0 Å². The van der Waals surface area contributed by atoms with Crippen molar-refractivity contribution in [1.82, 2.24) is 10.6 Å². The average molecular weight is 456 g/mol. The molecule has 1 aliphatic carbocycles. The molecule has 2 atom stereocenters. The Balaban J connectivity index is 0.000000303. The first-order valence-corrected chi connectivity index (χ1v) is 11.6. The van der Waals surface area contributed by atoms with Crippen LogP contribution in [0.2, 0.25) is 0 Å². The minimum Gasteiger partial charge on any atom is -0.497 e. The number of benzene rings is 1. The van der Waals surface area contributed by atoms with E-state index in [0.29, 0.717) is 17.5 Å². The molecule has 2 rings (SSSR count). The van der Waals surface area contributed by atoms with Crippen LogP contribution in [0.25, 0.3) is 0 Å². The van der Waals surface area contributed by atoms with Gasteiger partial charge in [0.2, 0.25) is 5.91 Å². The fourth-order valence-corrected chi connectivity index (χ4v) is 4.01. The molecule has 168 valence electrons. The molecule has 0 aromatic heterocycles. The van der Waals surface area contributed by atoms with E-state index in [1.165, 1.54) is 19.3 Å². The maximum absolute atomic E-state index is 11.5. The van der Waals surface area contributed by atoms with Gasteiger partial charge in [0.15, 0.2) is 5.11 Å². The second-order valence-corrected chi connectivity index (χ2v) is 8.57. The topological polar surface area (TPSA) is 96.9 Å². The molecule has 9 heteroatoms. The Kier molecular flexibility index (Phi) is 11.6. The number of ether oxygens (including phenoxy) is 1. The van der Waals surface area contributed by atoms with Gasteiger partial charge in [0, 0.05) is 7.05 Å². The highest BCUT2D eigenvalue weighted by Crippen LogP contribution is 2.44. The summed E-state index contributed by atoms with van der Waals surface area (Å²) in [5.74, 6) is 1.13. The second-order valence-electron chi connectivity index (χ2n) is 7.55. The summed E-state index contributed by atoms with van der Waals surface area (Å²) in [6.07, 6.45) is 7.16. The molecule has 0 saturated heterocycles. The van der Waals surface area contributed by atoms with Crippen molar-refractivity contribution in [2.24, 2.45) is 10.3 Å². The fourth-order valence-electron chi connectivity index (χ4n) is 3.31. The zero-order valence-corrected chi connectivity index (χ0v) is 19.9. The van der Waals surface area contributed by atoms with Gasteiger partial charge in [-0.25, -0.2) is 0 Å². The van der Waals surface area contributed by atoms with Gasteiger partial charge in [0.1, 0.15) is 5.75 Å². The Hall–Kier alpha value is -2.00. The van der Waals surface area contributed by atoms with Crippen molar-refractivity contribution in [3.05, 3.63) is 29.8 Å². The number of nitrogens with zero attached hydrogens (tertiary/aromatic N) is 1. The molecule has 0 heterocycles. The van der Waals surface area contributed by atoms with Crippen LogP contribution in [0.3, 0.4) is 0 Å². The van der Waals surface area contributed by atoms with Crippen LogP contribution in [0.4, 0.5) is 0 Å². The highest BCUT2D eigenvalue weighted by Gasteiger charge is 2.42. The maximum Gasteiger partial charge on any atom is 0.311 e. The van der Waals surface area contributed by atoms with Crippen molar-refractivity contribution in [2.75, 3.05) is 14.2 Å². The van der Waals surface area contributed by atoms with Gasteiger partial charge in [-0.2, -0.15) is 12.8 Å². The zero-order chi connectivity index (χ0) is 22.6. The lowest BCUT2D eigenvalue weighted by Crippen LogP contribution is -2.42. The number of thiocarbonyl (C=S) groups is 1. The molecule has 2 N–H and O–H groups in total. The van der Waals surface area contributed by atoms with Gasteiger partial charge in [-0.3, -0.25) is 4.79 Å². The van der Waals surface area contributed by atoms with Crippen LogP contribution in [-0.2, 0) is 21.7 Å².